The van der Waals surface area contributed by atoms with Gasteiger partial charge in [-0.25, -0.2) is 9.59 Å². The number of ether oxygens (including phenoxy) is 5. The molecule has 2 aliphatic carbocycles. The van der Waals surface area contributed by atoms with Crippen molar-refractivity contribution in [3.05, 3.63) is 22.4 Å². The van der Waals surface area contributed by atoms with E-state index in [1.807, 2.05) is 7.05 Å². The molecule has 8 nitrogen and oxygen atoms in total. The average molecular weight is 395 g/mol. The van der Waals surface area contributed by atoms with E-state index in [4.69, 9.17) is 23.7 Å². The van der Waals surface area contributed by atoms with Crippen molar-refractivity contribution in [1.29, 1.82) is 0 Å². The molecule has 4 aliphatic rings. The highest BCUT2D eigenvalue weighted by Gasteiger charge is 2.46. The summed E-state index contributed by atoms with van der Waals surface area (Å²) in [6, 6.07) is 0. The number of carbonyl (C=O) groups excluding carboxylic acids is 2. The summed E-state index contributed by atoms with van der Waals surface area (Å²) in [6.07, 6.45) is 3.38. The second-order valence-electron chi connectivity index (χ2n) is 7.13. The van der Waals surface area contributed by atoms with Gasteiger partial charge in [-0.3, -0.25) is 0 Å². The molecule has 2 saturated heterocycles. The molecule has 0 aromatic rings. The van der Waals surface area contributed by atoms with Crippen LogP contribution in [0.1, 0.15) is 25.7 Å². The lowest BCUT2D eigenvalue weighted by atomic mass is 9.71. The molecule has 0 N–H and O–H groups in total. The molecule has 0 amide bonds. The first-order valence-electron chi connectivity index (χ1n) is 9.72. The Morgan fingerprint density at radius 3 is 2.29 bits per heavy atom. The minimum atomic E-state index is -0.528. The molecule has 1 saturated carbocycles. The lowest BCUT2D eigenvalue weighted by Gasteiger charge is -2.44. The molecule has 2 heterocycles. The maximum absolute atomic E-state index is 12.4. The van der Waals surface area contributed by atoms with Crippen LogP contribution < -0.4 is 0 Å². The number of rotatable bonds is 2. The van der Waals surface area contributed by atoms with Crippen molar-refractivity contribution in [2.75, 3.05) is 54.4 Å². The number of hydrogen-bond donors (Lipinski definition) is 0. The smallest absolute Gasteiger partial charge is 0.337 e. The summed E-state index contributed by atoms with van der Waals surface area (Å²) in [5.74, 6) is -1.03. The molecule has 2 aliphatic heterocycles. The fourth-order valence-corrected chi connectivity index (χ4v) is 4.29. The van der Waals surface area contributed by atoms with Gasteiger partial charge in [-0.2, -0.15) is 0 Å². The largest absolute Gasteiger partial charge is 0.466 e. The van der Waals surface area contributed by atoms with E-state index >= 15 is 0 Å². The van der Waals surface area contributed by atoms with Gasteiger partial charge in [0.15, 0.2) is 0 Å². The van der Waals surface area contributed by atoms with E-state index in [9.17, 15) is 9.59 Å². The molecule has 8 heteroatoms. The lowest BCUT2D eigenvalue weighted by Crippen LogP contribution is -2.46. The summed E-state index contributed by atoms with van der Waals surface area (Å²) in [5.41, 5.74) is 3.00. The Labute approximate surface area is 165 Å². The minimum absolute atomic E-state index is 0.0688. The molecular formula is C20H29NO7. The van der Waals surface area contributed by atoms with Gasteiger partial charge in [-0.15, -0.1) is 0 Å². The Bertz CT molecular complexity index is 658. The number of fused-ring (bicyclic) bond motifs is 2. The zero-order chi connectivity index (χ0) is 20.1. The van der Waals surface area contributed by atoms with Crippen molar-refractivity contribution in [2.24, 2.45) is 5.92 Å². The van der Waals surface area contributed by atoms with E-state index in [1.54, 1.807) is 0 Å². The molecule has 2 unspecified atom stereocenters. The van der Waals surface area contributed by atoms with E-state index in [2.05, 4.69) is 4.90 Å². The van der Waals surface area contributed by atoms with Crippen molar-refractivity contribution in [1.82, 2.24) is 4.90 Å². The predicted octanol–water partition coefficient (Wildman–Crippen LogP) is 1.41. The fraction of sp³-hybridized carbons (Fsp3) is 0.700. The molecule has 156 valence electrons. The Balaban J connectivity index is 0.000000391. The second-order valence-corrected chi connectivity index (χ2v) is 7.13. The highest BCUT2D eigenvalue weighted by Crippen LogP contribution is 2.46. The standard InChI is InChI=1S/C17H23NO5.C3H6O2/c1-18-8-9-23-15-13(17(20)22-3)12(16(19)21-2)10-6-4-5-7-11(10)14(15)18;1-2-5-3-4-1/h10,15H,4-9H2,1-3H3;1-3H2. The van der Waals surface area contributed by atoms with Crippen LogP contribution in [-0.2, 0) is 33.3 Å². The number of esters is 2. The number of carbonyl (C=O) groups is 2. The molecule has 0 bridgehead atoms. The van der Waals surface area contributed by atoms with Crippen molar-refractivity contribution < 1.29 is 33.3 Å². The summed E-state index contributed by atoms with van der Waals surface area (Å²) in [4.78, 5) is 27.0. The number of hydrogen-bond acceptors (Lipinski definition) is 8. The lowest BCUT2D eigenvalue weighted by molar-refractivity contribution is -0.141. The number of morpholine rings is 1. The Hall–Kier alpha value is -1.90. The van der Waals surface area contributed by atoms with E-state index < -0.39 is 18.0 Å². The van der Waals surface area contributed by atoms with Crippen LogP contribution in [0, 0.1) is 5.92 Å². The van der Waals surface area contributed by atoms with Gasteiger partial charge >= 0.3 is 11.9 Å². The van der Waals surface area contributed by atoms with E-state index in [-0.39, 0.29) is 5.92 Å². The van der Waals surface area contributed by atoms with Gasteiger partial charge in [0, 0.05) is 25.2 Å². The first kappa shape index (κ1) is 20.8. The number of allylic oxidation sites excluding steroid dienone is 1. The summed E-state index contributed by atoms with van der Waals surface area (Å²) in [5, 5.41) is 0. The second kappa shape index (κ2) is 9.54. The third-order valence-corrected chi connectivity index (χ3v) is 5.56. The minimum Gasteiger partial charge on any atom is -0.466 e. The zero-order valence-corrected chi connectivity index (χ0v) is 16.8. The highest BCUT2D eigenvalue weighted by atomic mass is 16.7. The fourth-order valence-electron chi connectivity index (χ4n) is 4.29. The van der Waals surface area contributed by atoms with Gasteiger partial charge in [-0.1, -0.05) is 6.42 Å². The van der Waals surface area contributed by atoms with Crippen LogP contribution in [0.4, 0.5) is 0 Å². The van der Waals surface area contributed by atoms with Crippen LogP contribution in [0.5, 0.6) is 0 Å². The summed E-state index contributed by atoms with van der Waals surface area (Å²) >= 11 is 0. The van der Waals surface area contributed by atoms with Crippen molar-refractivity contribution in [3.8, 4) is 0 Å². The number of methoxy groups -OCH3 is 2. The summed E-state index contributed by atoms with van der Waals surface area (Å²) < 4.78 is 25.3. The van der Waals surface area contributed by atoms with Crippen LogP contribution in [-0.4, -0.2) is 77.4 Å². The van der Waals surface area contributed by atoms with Crippen LogP contribution in [0.25, 0.3) is 0 Å². The molecule has 2 atom stereocenters. The first-order chi connectivity index (χ1) is 13.6. The molecule has 0 aromatic heterocycles. The monoisotopic (exact) mass is 395 g/mol. The van der Waals surface area contributed by atoms with Gasteiger partial charge in [0.25, 0.3) is 0 Å². The molecule has 0 aromatic carbocycles. The molecule has 28 heavy (non-hydrogen) atoms. The van der Waals surface area contributed by atoms with Crippen LogP contribution >= 0.6 is 0 Å². The van der Waals surface area contributed by atoms with Crippen LogP contribution in [0.2, 0.25) is 0 Å². The molecule has 0 radical (unpaired) electrons. The normalized spacial score (nSPS) is 26.8. The van der Waals surface area contributed by atoms with Crippen LogP contribution in [0.15, 0.2) is 22.4 Å². The molecule has 4 rings (SSSR count). The molecule has 0 spiro atoms. The number of likely N-dealkylation sites (N-methyl/N-ethyl adjacent to an activating group) is 1. The maximum Gasteiger partial charge on any atom is 0.337 e. The molecule has 3 fully saturated rings. The van der Waals surface area contributed by atoms with Gasteiger partial charge < -0.3 is 28.6 Å². The maximum atomic E-state index is 12.4. The van der Waals surface area contributed by atoms with Gasteiger partial charge in [0.05, 0.1) is 45.2 Å². The van der Waals surface area contributed by atoms with E-state index in [0.29, 0.717) is 24.5 Å². The Morgan fingerprint density at radius 1 is 1.00 bits per heavy atom. The van der Waals surface area contributed by atoms with Gasteiger partial charge in [0.1, 0.15) is 12.9 Å². The zero-order valence-electron chi connectivity index (χ0n) is 16.8. The van der Waals surface area contributed by atoms with Crippen LogP contribution in [0.3, 0.4) is 0 Å². The third kappa shape index (κ3) is 4.09. The van der Waals surface area contributed by atoms with Crippen molar-refractivity contribution in [3.63, 3.8) is 0 Å². The summed E-state index contributed by atoms with van der Waals surface area (Å²) in [7, 11) is 4.69. The topological polar surface area (TPSA) is 83.5 Å². The third-order valence-electron chi connectivity index (χ3n) is 5.56. The average Bonchev–Trinajstić information content (AvgIpc) is 3.32. The van der Waals surface area contributed by atoms with Crippen molar-refractivity contribution in [2.45, 2.75) is 31.8 Å². The van der Waals surface area contributed by atoms with E-state index in [0.717, 1.165) is 51.1 Å². The Morgan fingerprint density at radius 2 is 1.68 bits per heavy atom. The van der Waals surface area contributed by atoms with E-state index in [1.165, 1.54) is 19.8 Å². The van der Waals surface area contributed by atoms with Gasteiger partial charge in [-0.05, 0) is 24.8 Å². The van der Waals surface area contributed by atoms with Crippen molar-refractivity contribution >= 4 is 11.9 Å². The summed E-state index contributed by atoms with van der Waals surface area (Å²) in [6.45, 7) is 3.35. The highest BCUT2D eigenvalue weighted by molar-refractivity contribution is 6.03. The molecular weight excluding hydrogens is 366 g/mol. The Kier molecular flexibility index (Phi) is 7.09. The first-order valence-corrected chi connectivity index (χ1v) is 9.72. The SMILES string of the molecule is C1COCO1.COC(=O)C1=C(C(=O)OC)C2OCCN(C)C2=C2CCCCC21. The quantitative estimate of drug-likeness (QED) is 0.649. The van der Waals surface area contributed by atoms with Gasteiger partial charge in [0.2, 0.25) is 0 Å². The predicted molar refractivity (Wildman–Crippen MR) is 99.2 cm³/mol. The number of nitrogens with zero attached hydrogens (tertiary/aromatic N) is 1.